The Hall–Kier alpha value is -1.96. The van der Waals surface area contributed by atoms with E-state index in [4.69, 9.17) is 14.7 Å². The lowest BCUT2D eigenvalue weighted by Crippen LogP contribution is -2.51. The van der Waals surface area contributed by atoms with Crippen LogP contribution in [-0.2, 0) is 4.74 Å². The normalized spacial score (nSPS) is 18.9. The Kier molecular flexibility index (Phi) is 5.94. The van der Waals surface area contributed by atoms with Gasteiger partial charge in [0.05, 0.1) is 16.1 Å². The molecule has 0 radical (unpaired) electrons. The minimum Gasteiger partial charge on any atom is -0.385 e. The number of thiazole rings is 1. The second-order valence-corrected chi connectivity index (χ2v) is 8.73. The van der Waals surface area contributed by atoms with E-state index in [1.165, 1.54) is 0 Å². The second-order valence-electron chi connectivity index (χ2n) is 7.70. The monoisotopic (exact) mass is 399 g/mol. The van der Waals surface area contributed by atoms with Crippen molar-refractivity contribution in [2.45, 2.75) is 38.6 Å². The number of fused-ring (bicyclic) bond motifs is 2. The summed E-state index contributed by atoms with van der Waals surface area (Å²) in [6.45, 7) is 8.10. The number of aromatic nitrogens is 2. The van der Waals surface area contributed by atoms with E-state index in [1.54, 1.807) is 18.4 Å². The fraction of sp³-hybridized carbons (Fsp3) is 0.524. The fourth-order valence-corrected chi connectivity index (χ4v) is 4.76. The van der Waals surface area contributed by atoms with E-state index in [2.05, 4.69) is 41.6 Å². The molecule has 28 heavy (non-hydrogen) atoms. The van der Waals surface area contributed by atoms with Crippen molar-refractivity contribution in [3.05, 3.63) is 39.6 Å². The molecule has 1 saturated heterocycles. The van der Waals surface area contributed by atoms with Crippen molar-refractivity contribution in [3.63, 3.8) is 0 Å². The Balaban J connectivity index is 1.75. The van der Waals surface area contributed by atoms with Crippen LogP contribution in [0, 0.1) is 0 Å². The molecule has 0 saturated carbocycles. The summed E-state index contributed by atoms with van der Waals surface area (Å²) in [5, 5.41) is 11.6. The zero-order chi connectivity index (χ0) is 19.5. The van der Waals surface area contributed by atoms with Crippen molar-refractivity contribution >= 4 is 28.2 Å². The van der Waals surface area contributed by atoms with Crippen molar-refractivity contribution in [1.82, 2.24) is 20.2 Å². The van der Waals surface area contributed by atoms with E-state index in [-0.39, 0.29) is 0 Å². The van der Waals surface area contributed by atoms with Crippen LogP contribution in [-0.4, -0.2) is 54.3 Å². The van der Waals surface area contributed by atoms with Gasteiger partial charge < -0.3 is 20.3 Å². The summed E-state index contributed by atoms with van der Waals surface area (Å²) < 4.78 is 5.23. The maximum atomic E-state index is 5.23. The van der Waals surface area contributed by atoms with Gasteiger partial charge in [0.2, 0.25) is 0 Å². The van der Waals surface area contributed by atoms with Gasteiger partial charge in [-0.15, -0.1) is 11.3 Å². The maximum absolute atomic E-state index is 5.23. The van der Waals surface area contributed by atoms with Crippen LogP contribution in [0.15, 0.2) is 18.3 Å². The molecule has 6 nitrogen and oxygen atoms in total. The molecule has 0 aromatic carbocycles. The Labute approximate surface area is 170 Å². The number of anilines is 1. The number of hydrogen-bond acceptors (Lipinski definition) is 7. The third-order valence-electron chi connectivity index (χ3n) is 5.26. The van der Waals surface area contributed by atoms with Gasteiger partial charge in [0, 0.05) is 62.9 Å². The van der Waals surface area contributed by atoms with Gasteiger partial charge >= 0.3 is 0 Å². The van der Waals surface area contributed by atoms with Crippen LogP contribution in [0.25, 0.3) is 11.9 Å². The Bertz CT molecular complexity index is 939. The third kappa shape index (κ3) is 3.92. The predicted octanol–water partition coefficient (Wildman–Crippen LogP) is 1.68. The first-order chi connectivity index (χ1) is 13.7. The fourth-order valence-electron chi connectivity index (χ4n) is 3.83. The topological polar surface area (TPSA) is 62.3 Å². The largest absolute Gasteiger partial charge is 0.385 e. The van der Waals surface area contributed by atoms with Gasteiger partial charge in [-0.3, -0.25) is 4.98 Å². The zero-order valence-corrected chi connectivity index (χ0v) is 17.7. The van der Waals surface area contributed by atoms with Gasteiger partial charge in [-0.25, -0.2) is 4.98 Å². The Morgan fingerprint density at radius 3 is 3.11 bits per heavy atom. The predicted molar refractivity (Wildman–Crippen MR) is 115 cm³/mol. The molecule has 2 aromatic rings. The summed E-state index contributed by atoms with van der Waals surface area (Å²) in [5.41, 5.74) is 2.20. The highest BCUT2D eigenvalue weighted by Gasteiger charge is 2.27. The molecule has 4 rings (SSSR count). The molecule has 2 aromatic heterocycles. The van der Waals surface area contributed by atoms with E-state index in [0.717, 1.165) is 71.1 Å². The number of piperazine rings is 1. The summed E-state index contributed by atoms with van der Waals surface area (Å²) in [4.78, 5) is 12.3. The number of rotatable bonds is 6. The molecule has 0 spiro atoms. The average Bonchev–Trinajstić information content (AvgIpc) is 3.06. The number of ether oxygens (including phenoxy) is 1. The van der Waals surface area contributed by atoms with Gasteiger partial charge in [-0.05, 0) is 25.0 Å². The van der Waals surface area contributed by atoms with Crippen LogP contribution in [0.4, 0.5) is 5.00 Å². The van der Waals surface area contributed by atoms with Crippen LogP contribution in [0.1, 0.15) is 43.3 Å². The lowest BCUT2D eigenvalue weighted by molar-refractivity contribution is 0.181. The first-order valence-electron chi connectivity index (χ1n) is 10.1. The number of methoxy groups -OCH3 is 1. The van der Waals surface area contributed by atoms with E-state index < -0.39 is 0 Å². The van der Waals surface area contributed by atoms with Gasteiger partial charge in [-0.1, -0.05) is 13.8 Å². The smallest absolute Gasteiger partial charge is 0.124 e. The van der Waals surface area contributed by atoms with Crippen LogP contribution in [0.5, 0.6) is 0 Å². The molecule has 0 aliphatic carbocycles. The lowest BCUT2D eigenvalue weighted by Gasteiger charge is -2.36. The summed E-state index contributed by atoms with van der Waals surface area (Å²) in [6.07, 6.45) is 6.12. The minimum absolute atomic E-state index is 0.410. The molecule has 1 unspecified atom stereocenters. The molecule has 150 valence electrons. The van der Waals surface area contributed by atoms with Crippen molar-refractivity contribution in [3.8, 4) is 0 Å². The molecule has 7 heteroatoms. The quantitative estimate of drug-likeness (QED) is 0.721. The molecule has 4 heterocycles. The second kappa shape index (κ2) is 8.59. The highest BCUT2D eigenvalue weighted by atomic mass is 32.1. The molecule has 0 amide bonds. The van der Waals surface area contributed by atoms with E-state index in [9.17, 15) is 0 Å². The molecule has 2 aliphatic heterocycles. The van der Waals surface area contributed by atoms with Crippen molar-refractivity contribution in [2.75, 3.05) is 38.7 Å². The number of hydrogen-bond donors (Lipinski definition) is 2. The van der Waals surface area contributed by atoms with Crippen LogP contribution in [0.2, 0.25) is 0 Å². The molecule has 0 bridgehead atoms. The SMILES string of the molecule is COCCCC1CN(C2=c3ncccc3=CNc3sc(C(C)C)nc32)CCN1. The lowest BCUT2D eigenvalue weighted by atomic mass is 10.1. The molecular weight excluding hydrogens is 370 g/mol. The molecule has 2 N–H and O–H groups in total. The molecule has 1 fully saturated rings. The van der Waals surface area contributed by atoms with Gasteiger partial charge in [-0.2, -0.15) is 0 Å². The number of nitrogens with zero attached hydrogens (tertiary/aromatic N) is 3. The minimum atomic E-state index is 0.410. The number of nitrogens with one attached hydrogen (secondary N) is 2. The summed E-state index contributed by atoms with van der Waals surface area (Å²) in [7, 11) is 1.77. The van der Waals surface area contributed by atoms with Gasteiger partial charge in [0.1, 0.15) is 10.7 Å². The van der Waals surface area contributed by atoms with E-state index in [0.29, 0.717) is 12.0 Å². The Morgan fingerprint density at radius 1 is 1.39 bits per heavy atom. The Morgan fingerprint density at radius 2 is 2.29 bits per heavy atom. The van der Waals surface area contributed by atoms with Gasteiger partial charge in [0.15, 0.2) is 0 Å². The highest BCUT2D eigenvalue weighted by Crippen LogP contribution is 2.34. The van der Waals surface area contributed by atoms with Crippen molar-refractivity contribution in [1.29, 1.82) is 0 Å². The van der Waals surface area contributed by atoms with Crippen LogP contribution >= 0.6 is 11.3 Å². The average molecular weight is 400 g/mol. The molecule has 1 atom stereocenters. The third-order valence-corrected chi connectivity index (χ3v) is 6.54. The maximum Gasteiger partial charge on any atom is 0.124 e. The van der Waals surface area contributed by atoms with Crippen molar-refractivity contribution < 1.29 is 4.74 Å². The van der Waals surface area contributed by atoms with Crippen LogP contribution < -0.4 is 21.2 Å². The summed E-state index contributed by atoms with van der Waals surface area (Å²) in [5.74, 6) is 0.410. The van der Waals surface area contributed by atoms with E-state index in [1.807, 2.05) is 12.3 Å². The molecule has 2 aliphatic rings. The van der Waals surface area contributed by atoms with E-state index >= 15 is 0 Å². The number of pyridine rings is 1. The van der Waals surface area contributed by atoms with Crippen molar-refractivity contribution in [2.24, 2.45) is 0 Å². The summed E-state index contributed by atoms with van der Waals surface area (Å²) >= 11 is 1.75. The van der Waals surface area contributed by atoms with Crippen LogP contribution in [0.3, 0.4) is 0 Å². The first-order valence-corrected chi connectivity index (χ1v) is 10.9. The summed E-state index contributed by atoms with van der Waals surface area (Å²) in [6, 6.07) is 4.57. The molecular formula is C21H29N5OS. The zero-order valence-electron chi connectivity index (χ0n) is 16.9. The standard InChI is InChI=1S/C21H29N5OS/c1-14(2)20-25-18-19(26-10-9-22-16(13-26)7-5-11-27-3)17-15(6-4-8-23-17)12-24-21(18)28-20/h4,6,8,12,14,16,22,24H,5,7,9-11,13H2,1-3H3. The highest BCUT2D eigenvalue weighted by molar-refractivity contribution is 7.16. The first kappa shape index (κ1) is 19.4. The van der Waals surface area contributed by atoms with Gasteiger partial charge in [0.25, 0.3) is 0 Å².